The molecule has 350 valence electrons. The largest absolute Gasteiger partial charge is 0.310 e. The number of rotatable bonds is 9. The van der Waals surface area contributed by atoms with E-state index in [0.717, 1.165) is 34.1 Å². The summed E-state index contributed by atoms with van der Waals surface area (Å²) in [6.45, 7) is 4.53. The molecule has 4 heteroatoms. The maximum absolute atomic E-state index is 2.47. The monoisotopic (exact) mass is 980 g/mol. The first-order valence-electron chi connectivity index (χ1n) is 25.3. The summed E-state index contributed by atoms with van der Waals surface area (Å²) in [5.74, 6) is 0. The van der Waals surface area contributed by atoms with Crippen molar-refractivity contribution < 1.29 is 0 Å². The van der Waals surface area contributed by atoms with Gasteiger partial charge in [0.1, 0.15) is 0 Å². The fourth-order valence-corrected chi connectivity index (χ4v) is 13.8. The van der Waals surface area contributed by atoms with Gasteiger partial charge in [0.2, 0.25) is 0 Å². The standard InChI is InChI=1S/C70H48N2S2/c1-45-41-51(35-39-63(45)71(53-37-33-47-17-3-5-19-49(47)43-53)65-29-11-7-21-55(65)59-25-15-27-61-57-23-9-13-31-67(57)73-69(59)61)52-36-40-64(46(2)42-52)72(54-38-34-48-18-4-6-20-50(48)44-54)66-30-12-8-22-56(66)60-26-16-28-62-58-24-10-14-32-68(58)74-70(60)62/h3-44H,1-2H3. The van der Waals surface area contributed by atoms with E-state index in [1.165, 1.54) is 106 Å². The first-order chi connectivity index (χ1) is 36.5. The summed E-state index contributed by atoms with van der Waals surface area (Å²) in [7, 11) is 0. The Kier molecular flexibility index (Phi) is 10.7. The SMILES string of the molecule is Cc1cc(-c2ccc(N(c3ccc4ccccc4c3)c3ccccc3-c3cccc4c3sc3ccccc34)c(C)c2)ccc1N(c1ccc2ccccc2c1)c1ccccc1-c1cccc2c1sc1ccccc12. The zero-order chi connectivity index (χ0) is 49.3. The normalized spacial score (nSPS) is 11.6. The van der Waals surface area contributed by atoms with Gasteiger partial charge in [0.15, 0.2) is 0 Å². The highest BCUT2D eigenvalue weighted by molar-refractivity contribution is 7.26. The van der Waals surface area contributed by atoms with E-state index in [1.807, 2.05) is 22.7 Å². The molecule has 0 atom stereocenters. The number of aryl methyl sites for hydroxylation is 2. The minimum absolute atomic E-state index is 1.12. The highest BCUT2D eigenvalue weighted by Gasteiger charge is 2.24. The molecule has 74 heavy (non-hydrogen) atoms. The van der Waals surface area contributed by atoms with E-state index in [4.69, 9.17) is 0 Å². The summed E-state index contributed by atoms with van der Waals surface area (Å²) in [5.41, 5.74) is 16.4. The molecule has 14 rings (SSSR count). The van der Waals surface area contributed by atoms with Gasteiger partial charge in [-0.2, -0.15) is 0 Å². The van der Waals surface area contributed by atoms with E-state index in [-0.39, 0.29) is 0 Å². The van der Waals surface area contributed by atoms with Crippen molar-refractivity contribution in [1.82, 2.24) is 0 Å². The van der Waals surface area contributed by atoms with Gasteiger partial charge < -0.3 is 9.80 Å². The minimum Gasteiger partial charge on any atom is -0.310 e. The predicted octanol–water partition coefficient (Wildman–Crippen LogP) is 21.3. The summed E-state index contributed by atoms with van der Waals surface area (Å²) in [4.78, 5) is 4.94. The first kappa shape index (κ1) is 43.9. The smallest absolute Gasteiger partial charge is 0.0540 e. The van der Waals surface area contributed by atoms with Crippen molar-refractivity contribution in [3.63, 3.8) is 0 Å². The van der Waals surface area contributed by atoms with Gasteiger partial charge in [0.05, 0.1) is 11.4 Å². The Balaban J connectivity index is 0.893. The maximum atomic E-state index is 2.47. The quantitative estimate of drug-likeness (QED) is 0.142. The van der Waals surface area contributed by atoms with E-state index in [2.05, 4.69) is 278 Å². The van der Waals surface area contributed by atoms with Crippen LogP contribution in [-0.4, -0.2) is 0 Å². The number of hydrogen-bond donors (Lipinski definition) is 0. The van der Waals surface area contributed by atoms with Gasteiger partial charge in [-0.3, -0.25) is 0 Å². The third-order valence-corrected chi connectivity index (χ3v) is 17.3. The van der Waals surface area contributed by atoms with Gasteiger partial charge in [0.25, 0.3) is 0 Å². The van der Waals surface area contributed by atoms with Crippen LogP contribution in [0.4, 0.5) is 34.1 Å². The van der Waals surface area contributed by atoms with Crippen molar-refractivity contribution in [3.8, 4) is 33.4 Å². The van der Waals surface area contributed by atoms with Crippen LogP contribution >= 0.6 is 22.7 Å². The Hall–Kier alpha value is -8.80. The Morgan fingerprint density at radius 1 is 0.270 bits per heavy atom. The molecule has 0 aliphatic rings. The highest BCUT2D eigenvalue weighted by atomic mass is 32.1. The molecule has 2 heterocycles. The Bertz CT molecular complexity index is 4210. The van der Waals surface area contributed by atoms with Gasteiger partial charge in [0, 0.05) is 85.3 Å². The molecule has 2 aromatic heterocycles. The lowest BCUT2D eigenvalue weighted by Gasteiger charge is -2.30. The Morgan fingerprint density at radius 2 is 0.649 bits per heavy atom. The van der Waals surface area contributed by atoms with Crippen molar-refractivity contribution in [2.45, 2.75) is 13.8 Å². The van der Waals surface area contributed by atoms with Crippen LogP contribution in [0.2, 0.25) is 0 Å². The van der Waals surface area contributed by atoms with Crippen LogP contribution in [0.5, 0.6) is 0 Å². The van der Waals surface area contributed by atoms with Crippen LogP contribution in [0.15, 0.2) is 255 Å². The van der Waals surface area contributed by atoms with Crippen molar-refractivity contribution in [2.24, 2.45) is 0 Å². The number of thiophene rings is 2. The Labute approximate surface area is 438 Å². The molecule has 12 aromatic carbocycles. The van der Waals surface area contributed by atoms with E-state index in [0.29, 0.717) is 0 Å². The summed E-state index contributed by atoms with van der Waals surface area (Å²) in [6, 6.07) is 94.1. The molecule has 0 bridgehead atoms. The number of anilines is 6. The zero-order valence-corrected chi connectivity index (χ0v) is 42.6. The lowest BCUT2D eigenvalue weighted by Crippen LogP contribution is -2.13. The molecule has 0 aliphatic carbocycles. The van der Waals surface area contributed by atoms with E-state index in [1.54, 1.807) is 0 Å². The molecule has 0 radical (unpaired) electrons. The fraction of sp³-hybridized carbons (Fsp3) is 0.0286. The van der Waals surface area contributed by atoms with Crippen LogP contribution in [0.25, 0.3) is 95.3 Å². The average molecular weight is 981 g/mol. The lowest BCUT2D eigenvalue weighted by molar-refractivity contribution is 1.25. The molecule has 0 amide bonds. The molecule has 2 nitrogen and oxygen atoms in total. The van der Waals surface area contributed by atoms with Gasteiger partial charge in [-0.1, -0.05) is 182 Å². The predicted molar refractivity (Wildman–Crippen MR) is 322 cm³/mol. The molecule has 0 saturated carbocycles. The van der Waals surface area contributed by atoms with Crippen molar-refractivity contribution in [2.75, 3.05) is 9.80 Å². The molecule has 0 N–H and O–H groups in total. The Morgan fingerprint density at radius 3 is 1.11 bits per heavy atom. The van der Waals surface area contributed by atoms with Crippen LogP contribution in [0.1, 0.15) is 11.1 Å². The molecular formula is C70H48N2S2. The summed E-state index contributed by atoms with van der Waals surface area (Å²) in [5, 5.41) is 10.1. The van der Waals surface area contributed by atoms with E-state index in [9.17, 15) is 0 Å². The number of fused-ring (bicyclic) bond motifs is 8. The van der Waals surface area contributed by atoms with Crippen LogP contribution in [0, 0.1) is 13.8 Å². The molecular weight excluding hydrogens is 933 g/mol. The number of nitrogens with zero attached hydrogens (tertiary/aromatic N) is 2. The van der Waals surface area contributed by atoms with Gasteiger partial charge in [-0.15, -0.1) is 22.7 Å². The summed E-state index contributed by atoms with van der Waals surface area (Å²) < 4.78 is 5.23. The van der Waals surface area contributed by atoms with Crippen molar-refractivity contribution >= 4 is 119 Å². The van der Waals surface area contributed by atoms with Crippen molar-refractivity contribution in [3.05, 3.63) is 266 Å². The van der Waals surface area contributed by atoms with Gasteiger partial charge in [-0.05, 0) is 130 Å². The molecule has 0 unspecified atom stereocenters. The second-order valence-electron chi connectivity index (χ2n) is 19.3. The molecule has 0 aliphatic heterocycles. The third kappa shape index (κ3) is 7.45. The molecule has 0 spiro atoms. The first-order valence-corrected chi connectivity index (χ1v) is 26.9. The summed E-state index contributed by atoms with van der Waals surface area (Å²) >= 11 is 3.76. The number of para-hydroxylation sites is 2. The second-order valence-corrected chi connectivity index (χ2v) is 21.4. The van der Waals surface area contributed by atoms with Gasteiger partial charge in [-0.25, -0.2) is 0 Å². The van der Waals surface area contributed by atoms with Crippen LogP contribution in [0.3, 0.4) is 0 Å². The highest BCUT2D eigenvalue weighted by Crippen LogP contribution is 2.50. The fourth-order valence-electron chi connectivity index (χ4n) is 11.3. The third-order valence-electron chi connectivity index (χ3n) is 14.9. The molecule has 0 fully saturated rings. The van der Waals surface area contributed by atoms with Gasteiger partial charge >= 0.3 is 0 Å². The van der Waals surface area contributed by atoms with Crippen LogP contribution in [-0.2, 0) is 0 Å². The van der Waals surface area contributed by atoms with Crippen LogP contribution < -0.4 is 9.80 Å². The average Bonchev–Trinajstić information content (AvgIpc) is 4.05. The van der Waals surface area contributed by atoms with E-state index >= 15 is 0 Å². The van der Waals surface area contributed by atoms with E-state index < -0.39 is 0 Å². The number of hydrogen-bond acceptors (Lipinski definition) is 4. The van der Waals surface area contributed by atoms with Crippen molar-refractivity contribution in [1.29, 1.82) is 0 Å². The molecule has 14 aromatic rings. The summed E-state index contributed by atoms with van der Waals surface area (Å²) in [6.07, 6.45) is 0. The molecule has 0 saturated heterocycles. The zero-order valence-electron chi connectivity index (χ0n) is 41.0. The topological polar surface area (TPSA) is 6.48 Å². The maximum Gasteiger partial charge on any atom is 0.0540 e. The minimum atomic E-state index is 1.12. The number of benzene rings is 12. The second kappa shape index (κ2) is 18.0. The lowest BCUT2D eigenvalue weighted by atomic mass is 9.96.